The number of nitrogens with zero attached hydrogens (tertiary/aromatic N) is 3. The lowest BCUT2D eigenvalue weighted by Crippen LogP contribution is -2.31. The molecule has 2 aromatic carbocycles. The number of rotatable bonds is 9. The largest absolute Gasteiger partial charge is 0.478 e. The standard InChI is InChI=1S/C29H22ClF2N3O4S/c30-26-7-5-19(40-26)15-39-28-3-1-2-23(34-28)20-13-21(31)17(10-22(20)32)12-27-33-24-6-4-16(29(36)37)11-25(24)35(27)14-18-8-9-38-18/h1-7,10-11,13,18H,8-9,12,14-15H2,(H,36,37). The molecule has 0 spiro atoms. The number of carbonyl (C=O) groups is 1. The van der Waals surface area contributed by atoms with Crippen LogP contribution in [0.2, 0.25) is 4.34 Å². The molecule has 0 radical (unpaired) electrons. The number of hydrogen-bond acceptors (Lipinski definition) is 6. The van der Waals surface area contributed by atoms with Gasteiger partial charge in [0.2, 0.25) is 5.88 Å². The van der Waals surface area contributed by atoms with Crippen LogP contribution in [0.5, 0.6) is 5.88 Å². The van der Waals surface area contributed by atoms with Crippen LogP contribution < -0.4 is 4.74 Å². The molecule has 1 aliphatic rings. The monoisotopic (exact) mass is 581 g/mol. The van der Waals surface area contributed by atoms with E-state index < -0.39 is 17.6 Å². The van der Waals surface area contributed by atoms with Crippen molar-refractivity contribution in [2.24, 2.45) is 0 Å². The van der Waals surface area contributed by atoms with Crippen LogP contribution >= 0.6 is 22.9 Å². The summed E-state index contributed by atoms with van der Waals surface area (Å²) in [6.45, 7) is 1.34. The van der Waals surface area contributed by atoms with E-state index >= 15 is 8.78 Å². The Labute approximate surface area is 236 Å². The first kappa shape index (κ1) is 26.4. The number of aromatic carboxylic acids is 1. The van der Waals surface area contributed by atoms with E-state index in [0.717, 1.165) is 23.4 Å². The van der Waals surface area contributed by atoms with Gasteiger partial charge >= 0.3 is 5.97 Å². The smallest absolute Gasteiger partial charge is 0.335 e. The highest BCUT2D eigenvalue weighted by Crippen LogP contribution is 2.29. The third-order valence-corrected chi connectivity index (χ3v) is 7.93. The minimum Gasteiger partial charge on any atom is -0.478 e. The Balaban J connectivity index is 1.28. The van der Waals surface area contributed by atoms with Gasteiger partial charge in [0, 0.05) is 29.5 Å². The van der Waals surface area contributed by atoms with Crippen LogP contribution in [-0.4, -0.2) is 38.3 Å². The molecule has 1 aliphatic heterocycles. The van der Waals surface area contributed by atoms with E-state index in [0.29, 0.717) is 34.3 Å². The number of hydrogen-bond donors (Lipinski definition) is 1. The maximum Gasteiger partial charge on any atom is 0.335 e. The van der Waals surface area contributed by atoms with Crippen LogP contribution in [0, 0.1) is 11.6 Å². The van der Waals surface area contributed by atoms with Gasteiger partial charge in [-0.15, -0.1) is 11.3 Å². The third-order valence-electron chi connectivity index (χ3n) is 6.73. The normalized spacial score (nSPS) is 14.8. The molecule has 1 N–H and O–H groups in total. The van der Waals surface area contributed by atoms with Crippen LogP contribution in [0.3, 0.4) is 0 Å². The number of pyridine rings is 1. The number of thiophene rings is 1. The molecule has 5 aromatic rings. The van der Waals surface area contributed by atoms with Crippen molar-refractivity contribution < 1.29 is 28.2 Å². The molecule has 1 atom stereocenters. The van der Waals surface area contributed by atoms with Crippen molar-refractivity contribution >= 4 is 39.9 Å². The Morgan fingerprint density at radius 1 is 1.12 bits per heavy atom. The molecule has 0 aliphatic carbocycles. The summed E-state index contributed by atoms with van der Waals surface area (Å²) in [6.07, 6.45) is 0.810. The average Bonchev–Trinajstić information content (AvgIpc) is 3.49. The van der Waals surface area contributed by atoms with E-state index in [-0.39, 0.29) is 47.4 Å². The van der Waals surface area contributed by atoms with Crippen molar-refractivity contribution in [1.82, 2.24) is 14.5 Å². The fraction of sp³-hybridized carbons (Fsp3) is 0.207. The molecule has 3 aromatic heterocycles. The fourth-order valence-corrected chi connectivity index (χ4v) is 5.59. The van der Waals surface area contributed by atoms with Crippen molar-refractivity contribution in [3.8, 4) is 17.1 Å². The van der Waals surface area contributed by atoms with Gasteiger partial charge in [-0.2, -0.15) is 0 Å². The lowest BCUT2D eigenvalue weighted by molar-refractivity contribution is -0.0589. The number of carboxylic acid groups (broad SMARTS) is 1. The van der Waals surface area contributed by atoms with Crippen molar-refractivity contribution in [2.75, 3.05) is 6.61 Å². The number of ether oxygens (including phenoxy) is 2. The van der Waals surface area contributed by atoms with Gasteiger partial charge in [-0.25, -0.2) is 23.5 Å². The van der Waals surface area contributed by atoms with Gasteiger partial charge in [-0.1, -0.05) is 17.7 Å². The molecule has 204 valence electrons. The molecule has 0 amide bonds. The summed E-state index contributed by atoms with van der Waals surface area (Å²) >= 11 is 7.35. The summed E-state index contributed by atoms with van der Waals surface area (Å²) < 4.78 is 44.5. The van der Waals surface area contributed by atoms with E-state index in [1.54, 1.807) is 36.4 Å². The zero-order valence-corrected chi connectivity index (χ0v) is 22.5. The number of halogens is 3. The Bertz CT molecular complexity index is 1730. The van der Waals surface area contributed by atoms with Gasteiger partial charge in [0.15, 0.2) is 0 Å². The van der Waals surface area contributed by atoms with Gasteiger partial charge in [-0.3, -0.25) is 0 Å². The molecule has 11 heteroatoms. The topological polar surface area (TPSA) is 86.5 Å². The average molecular weight is 582 g/mol. The van der Waals surface area contributed by atoms with Crippen LogP contribution in [0.4, 0.5) is 8.78 Å². The van der Waals surface area contributed by atoms with E-state index in [9.17, 15) is 9.90 Å². The molecule has 4 heterocycles. The molecule has 6 rings (SSSR count). The van der Waals surface area contributed by atoms with Crippen LogP contribution in [0.1, 0.15) is 33.0 Å². The van der Waals surface area contributed by atoms with Gasteiger partial charge in [0.05, 0.1) is 39.3 Å². The fourth-order valence-electron chi connectivity index (χ4n) is 4.59. The maximum absolute atomic E-state index is 15.4. The summed E-state index contributed by atoms with van der Waals surface area (Å²) in [7, 11) is 0. The number of fused-ring (bicyclic) bond motifs is 1. The molecular formula is C29H22ClF2N3O4S. The summed E-state index contributed by atoms with van der Waals surface area (Å²) in [5.74, 6) is -1.54. The molecular weight excluding hydrogens is 560 g/mol. The van der Waals surface area contributed by atoms with E-state index in [1.807, 2.05) is 10.6 Å². The molecule has 1 unspecified atom stereocenters. The highest BCUT2D eigenvalue weighted by atomic mass is 35.5. The van der Waals surface area contributed by atoms with Gasteiger partial charge in [0.1, 0.15) is 24.1 Å². The predicted octanol–water partition coefficient (Wildman–Crippen LogP) is 6.75. The van der Waals surface area contributed by atoms with Crippen molar-refractivity contribution in [3.05, 3.63) is 98.5 Å². The molecule has 0 saturated carbocycles. The molecule has 7 nitrogen and oxygen atoms in total. The predicted molar refractivity (Wildman–Crippen MR) is 147 cm³/mol. The third kappa shape index (κ3) is 5.42. The van der Waals surface area contributed by atoms with Gasteiger partial charge < -0.3 is 19.1 Å². The van der Waals surface area contributed by atoms with E-state index in [4.69, 9.17) is 21.1 Å². The lowest BCUT2D eigenvalue weighted by atomic mass is 10.0. The number of aromatic nitrogens is 3. The number of imidazole rings is 1. The first-order valence-corrected chi connectivity index (χ1v) is 13.7. The van der Waals surface area contributed by atoms with Crippen LogP contribution in [0.15, 0.2) is 60.7 Å². The summed E-state index contributed by atoms with van der Waals surface area (Å²) in [5, 5.41) is 9.44. The Morgan fingerprint density at radius 3 is 2.70 bits per heavy atom. The van der Waals surface area contributed by atoms with Gasteiger partial charge in [-0.05, 0) is 60.5 Å². The minimum atomic E-state index is -1.06. The molecule has 1 saturated heterocycles. The second kappa shape index (κ2) is 11.0. The Hall–Kier alpha value is -3.86. The summed E-state index contributed by atoms with van der Waals surface area (Å²) in [4.78, 5) is 21.4. The Kier molecular flexibility index (Phi) is 7.22. The minimum absolute atomic E-state index is 0.00674. The van der Waals surface area contributed by atoms with Crippen molar-refractivity contribution in [2.45, 2.75) is 32.1 Å². The SMILES string of the molecule is O=C(O)c1ccc2nc(Cc3cc(F)c(-c4cccc(OCc5ccc(Cl)s5)n4)cc3F)n(CC3CCO3)c2c1. The second-order valence-corrected chi connectivity index (χ2v) is 11.2. The zero-order valence-electron chi connectivity index (χ0n) is 20.9. The van der Waals surface area contributed by atoms with Crippen LogP contribution in [0.25, 0.3) is 22.3 Å². The quantitative estimate of drug-likeness (QED) is 0.207. The second-order valence-electron chi connectivity index (χ2n) is 9.38. The highest BCUT2D eigenvalue weighted by molar-refractivity contribution is 7.16. The molecule has 40 heavy (non-hydrogen) atoms. The highest BCUT2D eigenvalue weighted by Gasteiger charge is 2.23. The van der Waals surface area contributed by atoms with Crippen molar-refractivity contribution in [3.63, 3.8) is 0 Å². The lowest BCUT2D eigenvalue weighted by Gasteiger charge is -2.27. The summed E-state index contributed by atoms with van der Waals surface area (Å²) in [6, 6.07) is 15.4. The summed E-state index contributed by atoms with van der Waals surface area (Å²) in [5.41, 5.74) is 1.66. The zero-order chi connectivity index (χ0) is 27.8. The number of benzene rings is 2. The van der Waals surface area contributed by atoms with E-state index in [1.165, 1.54) is 17.4 Å². The van der Waals surface area contributed by atoms with Crippen LogP contribution in [-0.2, 0) is 24.3 Å². The van der Waals surface area contributed by atoms with Gasteiger partial charge in [0.25, 0.3) is 0 Å². The Morgan fingerprint density at radius 2 is 1.98 bits per heavy atom. The number of carboxylic acids is 1. The first-order chi connectivity index (χ1) is 19.3. The first-order valence-electron chi connectivity index (χ1n) is 12.5. The maximum atomic E-state index is 15.4. The van der Waals surface area contributed by atoms with E-state index in [2.05, 4.69) is 9.97 Å². The molecule has 0 bridgehead atoms. The van der Waals surface area contributed by atoms with Crippen molar-refractivity contribution in [1.29, 1.82) is 0 Å². The molecule has 1 fully saturated rings.